The topological polar surface area (TPSA) is 133 Å². The summed E-state index contributed by atoms with van der Waals surface area (Å²) in [6, 6.07) is 3.36. The molecule has 0 bridgehead atoms. The lowest BCUT2D eigenvalue weighted by atomic mass is 10.2. The molecule has 0 aliphatic rings. The van der Waals surface area contributed by atoms with Gasteiger partial charge in [0.25, 0.3) is 5.56 Å². The number of aromatic nitrogens is 3. The molecule has 0 aliphatic heterocycles. The second kappa shape index (κ2) is 6.79. The number of aromatic amines is 2. The highest BCUT2D eigenvalue weighted by Crippen LogP contribution is 2.11. The number of rotatable bonds is 5. The zero-order valence-corrected chi connectivity index (χ0v) is 12.1. The van der Waals surface area contributed by atoms with Crippen LogP contribution in [0.3, 0.4) is 0 Å². The number of halogens is 1. The number of nitrogens with zero attached hydrogens (tertiary/aromatic N) is 2. The average Bonchev–Trinajstić information content (AvgIpc) is 2.83. The second-order valence-corrected chi connectivity index (χ2v) is 4.67. The Morgan fingerprint density at radius 2 is 2.29 bits per heavy atom. The number of aryl methyl sites for hydroxylation is 1. The van der Waals surface area contributed by atoms with Gasteiger partial charge in [0.05, 0.1) is 6.21 Å². The SMILES string of the molecule is O=C(CCc1n[nH]c(=O)[nH]c1=O)N/N=C\c1ccc(Br)o1. The molecule has 0 aromatic carbocycles. The van der Waals surface area contributed by atoms with Gasteiger partial charge in [-0.2, -0.15) is 10.2 Å². The van der Waals surface area contributed by atoms with Crippen molar-refractivity contribution in [3.63, 3.8) is 0 Å². The van der Waals surface area contributed by atoms with Crippen molar-refractivity contribution in [1.29, 1.82) is 0 Å². The lowest BCUT2D eigenvalue weighted by Crippen LogP contribution is -2.28. The second-order valence-electron chi connectivity index (χ2n) is 3.89. The molecular formula is C11H10BrN5O4. The van der Waals surface area contributed by atoms with Crippen molar-refractivity contribution < 1.29 is 9.21 Å². The molecule has 0 saturated carbocycles. The minimum absolute atomic E-state index is 0.00130. The van der Waals surface area contributed by atoms with E-state index in [-0.39, 0.29) is 18.5 Å². The van der Waals surface area contributed by atoms with Crippen LogP contribution in [0.5, 0.6) is 0 Å². The third kappa shape index (κ3) is 4.53. The van der Waals surface area contributed by atoms with Gasteiger partial charge >= 0.3 is 5.69 Å². The van der Waals surface area contributed by atoms with Gasteiger partial charge in [0, 0.05) is 12.8 Å². The molecule has 0 atom stereocenters. The van der Waals surface area contributed by atoms with E-state index in [0.29, 0.717) is 10.4 Å². The van der Waals surface area contributed by atoms with Crippen molar-refractivity contribution >= 4 is 28.1 Å². The lowest BCUT2D eigenvalue weighted by Gasteiger charge is -1.98. The lowest BCUT2D eigenvalue weighted by molar-refractivity contribution is -0.121. The Morgan fingerprint density at radius 3 is 2.95 bits per heavy atom. The summed E-state index contributed by atoms with van der Waals surface area (Å²) in [5, 5.41) is 9.35. The molecule has 110 valence electrons. The Balaban J connectivity index is 1.83. The highest BCUT2D eigenvalue weighted by molar-refractivity contribution is 9.10. The maximum Gasteiger partial charge on any atom is 0.342 e. The number of amides is 1. The first-order chi connectivity index (χ1) is 10.0. The summed E-state index contributed by atoms with van der Waals surface area (Å²) in [6.45, 7) is 0. The summed E-state index contributed by atoms with van der Waals surface area (Å²) < 4.78 is 5.70. The van der Waals surface area contributed by atoms with Gasteiger partial charge in [-0.15, -0.1) is 0 Å². The van der Waals surface area contributed by atoms with Crippen LogP contribution in [-0.2, 0) is 11.2 Å². The highest BCUT2D eigenvalue weighted by Gasteiger charge is 2.06. The number of hydrazone groups is 1. The van der Waals surface area contributed by atoms with Crippen LogP contribution in [0.2, 0.25) is 0 Å². The minimum atomic E-state index is -0.692. The summed E-state index contributed by atoms with van der Waals surface area (Å²) in [5.41, 5.74) is 1.05. The fourth-order valence-corrected chi connectivity index (χ4v) is 1.71. The highest BCUT2D eigenvalue weighted by atomic mass is 79.9. The Morgan fingerprint density at radius 1 is 1.48 bits per heavy atom. The third-order valence-electron chi connectivity index (χ3n) is 2.35. The Hall–Kier alpha value is -2.49. The van der Waals surface area contributed by atoms with Gasteiger partial charge in [-0.1, -0.05) is 0 Å². The maximum atomic E-state index is 11.5. The van der Waals surface area contributed by atoms with Crippen LogP contribution in [-0.4, -0.2) is 27.3 Å². The van der Waals surface area contributed by atoms with Crippen molar-refractivity contribution in [1.82, 2.24) is 20.6 Å². The molecule has 2 aromatic heterocycles. The van der Waals surface area contributed by atoms with E-state index >= 15 is 0 Å². The molecule has 2 aromatic rings. The van der Waals surface area contributed by atoms with Crippen LogP contribution in [0.25, 0.3) is 0 Å². The third-order valence-corrected chi connectivity index (χ3v) is 2.77. The normalized spacial score (nSPS) is 10.9. The summed E-state index contributed by atoms with van der Waals surface area (Å²) in [7, 11) is 0. The molecule has 9 nitrogen and oxygen atoms in total. The molecule has 1 amide bonds. The van der Waals surface area contributed by atoms with Gasteiger partial charge in [0.15, 0.2) is 4.67 Å². The minimum Gasteiger partial charge on any atom is -0.448 e. The van der Waals surface area contributed by atoms with Gasteiger partial charge < -0.3 is 4.42 Å². The smallest absolute Gasteiger partial charge is 0.342 e. The van der Waals surface area contributed by atoms with Crippen LogP contribution in [0.1, 0.15) is 17.9 Å². The molecule has 2 heterocycles. The van der Waals surface area contributed by atoms with Gasteiger partial charge in [-0.3, -0.25) is 14.6 Å². The number of furan rings is 1. The molecule has 10 heteroatoms. The molecule has 0 saturated heterocycles. The Kier molecular flexibility index (Phi) is 4.82. The van der Waals surface area contributed by atoms with E-state index in [1.807, 2.05) is 4.98 Å². The number of carbonyl (C=O) groups is 1. The quantitative estimate of drug-likeness (QED) is 0.508. The van der Waals surface area contributed by atoms with Crippen LogP contribution in [0, 0.1) is 0 Å². The largest absolute Gasteiger partial charge is 0.448 e. The zero-order chi connectivity index (χ0) is 15.2. The van der Waals surface area contributed by atoms with E-state index < -0.39 is 17.2 Å². The van der Waals surface area contributed by atoms with E-state index in [9.17, 15) is 14.4 Å². The first-order valence-corrected chi connectivity index (χ1v) is 6.59. The van der Waals surface area contributed by atoms with Gasteiger partial charge in [-0.05, 0) is 28.1 Å². The fourth-order valence-electron chi connectivity index (χ4n) is 1.40. The van der Waals surface area contributed by atoms with Gasteiger partial charge in [-0.25, -0.2) is 15.3 Å². The Labute approximate surface area is 125 Å². The van der Waals surface area contributed by atoms with Gasteiger partial charge in [0.2, 0.25) is 5.91 Å². The number of nitrogens with one attached hydrogen (secondary N) is 3. The Bertz CT molecular complexity index is 775. The molecule has 2 rings (SSSR count). The maximum absolute atomic E-state index is 11.5. The molecule has 0 fully saturated rings. The number of H-pyrrole nitrogens is 2. The molecule has 0 radical (unpaired) electrons. The van der Waals surface area contributed by atoms with Crippen molar-refractivity contribution in [3.8, 4) is 0 Å². The average molecular weight is 356 g/mol. The van der Waals surface area contributed by atoms with E-state index in [4.69, 9.17) is 4.42 Å². The molecular weight excluding hydrogens is 346 g/mol. The molecule has 0 spiro atoms. The number of carbonyl (C=O) groups excluding carboxylic acids is 1. The predicted molar refractivity (Wildman–Crippen MR) is 75.9 cm³/mol. The zero-order valence-electron chi connectivity index (χ0n) is 10.6. The monoisotopic (exact) mass is 355 g/mol. The number of hydrogen-bond donors (Lipinski definition) is 3. The first-order valence-electron chi connectivity index (χ1n) is 5.80. The van der Waals surface area contributed by atoms with E-state index in [2.05, 4.69) is 36.7 Å². The summed E-state index contributed by atoms with van der Waals surface area (Å²) in [5.74, 6) is 0.0743. The predicted octanol–water partition coefficient (Wildman–Crippen LogP) is -0.103. The molecule has 0 unspecified atom stereocenters. The summed E-state index contributed by atoms with van der Waals surface area (Å²) in [6.07, 6.45) is 1.43. The molecule has 0 aliphatic carbocycles. The molecule has 3 N–H and O–H groups in total. The summed E-state index contributed by atoms with van der Waals surface area (Å²) in [4.78, 5) is 35.6. The first kappa shape index (κ1) is 14.9. The van der Waals surface area contributed by atoms with Gasteiger partial charge in [0.1, 0.15) is 11.5 Å². The van der Waals surface area contributed by atoms with E-state index in [0.717, 1.165) is 0 Å². The van der Waals surface area contributed by atoms with Crippen LogP contribution < -0.4 is 16.7 Å². The fraction of sp³-hybridized carbons (Fsp3) is 0.182. The van der Waals surface area contributed by atoms with Crippen molar-refractivity contribution in [2.75, 3.05) is 0 Å². The van der Waals surface area contributed by atoms with E-state index in [1.54, 1.807) is 12.1 Å². The van der Waals surface area contributed by atoms with Crippen LogP contribution >= 0.6 is 15.9 Å². The molecule has 21 heavy (non-hydrogen) atoms. The van der Waals surface area contributed by atoms with Crippen LogP contribution in [0.15, 0.2) is 35.9 Å². The van der Waals surface area contributed by atoms with E-state index in [1.165, 1.54) is 6.21 Å². The van der Waals surface area contributed by atoms with Crippen LogP contribution in [0.4, 0.5) is 0 Å². The van der Waals surface area contributed by atoms with Crippen molar-refractivity contribution in [2.24, 2.45) is 5.10 Å². The van der Waals surface area contributed by atoms with Crippen molar-refractivity contribution in [2.45, 2.75) is 12.8 Å². The standard InChI is InChI=1S/C11H10BrN5O4/c12-8-3-1-6(21-8)5-13-16-9(18)4-2-7-10(19)14-11(20)17-15-7/h1,3,5H,2,4H2,(H,16,18)(H2,14,17,19,20)/b13-5-. The van der Waals surface area contributed by atoms with Crippen molar-refractivity contribution in [3.05, 3.63) is 49.1 Å². The number of hydrogen-bond acceptors (Lipinski definition) is 6. The summed E-state index contributed by atoms with van der Waals surface area (Å²) >= 11 is 3.14.